The summed E-state index contributed by atoms with van der Waals surface area (Å²) in [4.78, 5) is 0. The largest absolute Gasteiger partial charge is 0.372 e. The van der Waals surface area contributed by atoms with Crippen LogP contribution in [0.1, 0.15) is 13.3 Å². The molecular weight excluding hydrogens is 114 g/mol. The van der Waals surface area contributed by atoms with Gasteiger partial charge in [0.05, 0.1) is 18.8 Å². The summed E-state index contributed by atoms with van der Waals surface area (Å²) in [5.41, 5.74) is 6.74. The summed E-state index contributed by atoms with van der Waals surface area (Å²) in [5.74, 6) is 0. The van der Waals surface area contributed by atoms with Crippen LogP contribution in [0.25, 0.3) is 0 Å². The van der Waals surface area contributed by atoms with Gasteiger partial charge in [0.2, 0.25) is 0 Å². The molecule has 9 heavy (non-hydrogen) atoms. The van der Waals surface area contributed by atoms with Gasteiger partial charge < -0.3 is 10.5 Å². The Morgan fingerprint density at radius 3 is 2.78 bits per heavy atom. The normalized spacial score (nSPS) is 35.6. The molecule has 1 heterocycles. The monoisotopic (exact) mass is 127 g/mol. The van der Waals surface area contributed by atoms with E-state index in [2.05, 4.69) is 13.5 Å². The first kappa shape index (κ1) is 6.78. The van der Waals surface area contributed by atoms with Gasteiger partial charge in [-0.2, -0.15) is 0 Å². The van der Waals surface area contributed by atoms with Crippen molar-refractivity contribution in [3.63, 3.8) is 0 Å². The predicted molar refractivity (Wildman–Crippen MR) is 37.1 cm³/mol. The molecule has 2 atom stereocenters. The number of nitrogens with two attached hydrogens (primary N) is 1. The van der Waals surface area contributed by atoms with Gasteiger partial charge in [0.25, 0.3) is 0 Å². The first-order valence-corrected chi connectivity index (χ1v) is 3.30. The second kappa shape index (κ2) is 2.50. The summed E-state index contributed by atoms with van der Waals surface area (Å²) < 4.78 is 5.30. The molecule has 1 fully saturated rings. The number of hydrogen-bond acceptors (Lipinski definition) is 2. The molecule has 0 bridgehead atoms. The SMILES string of the molecule is C=C1CO[C@@H](CC)[C@@H]1N. The van der Waals surface area contributed by atoms with Gasteiger partial charge in [-0.3, -0.25) is 0 Å². The highest BCUT2D eigenvalue weighted by Crippen LogP contribution is 2.17. The molecule has 0 saturated carbocycles. The lowest BCUT2D eigenvalue weighted by atomic mass is 10.1. The fraction of sp³-hybridized carbons (Fsp3) is 0.714. The zero-order valence-corrected chi connectivity index (χ0v) is 5.76. The van der Waals surface area contributed by atoms with Crippen LogP contribution < -0.4 is 5.73 Å². The van der Waals surface area contributed by atoms with Crippen LogP contribution >= 0.6 is 0 Å². The number of hydrogen-bond donors (Lipinski definition) is 1. The summed E-state index contributed by atoms with van der Waals surface area (Å²) in [7, 11) is 0. The highest BCUT2D eigenvalue weighted by atomic mass is 16.5. The van der Waals surface area contributed by atoms with Crippen LogP contribution in [0.15, 0.2) is 12.2 Å². The first-order chi connectivity index (χ1) is 4.25. The average Bonchev–Trinajstić information content (AvgIpc) is 2.15. The maximum absolute atomic E-state index is 5.71. The summed E-state index contributed by atoms with van der Waals surface area (Å²) in [6.45, 7) is 6.51. The Bertz CT molecular complexity index is 122. The van der Waals surface area contributed by atoms with Crippen molar-refractivity contribution in [2.45, 2.75) is 25.5 Å². The first-order valence-electron chi connectivity index (χ1n) is 3.30. The molecule has 0 radical (unpaired) electrons. The lowest BCUT2D eigenvalue weighted by Crippen LogP contribution is -2.30. The van der Waals surface area contributed by atoms with Gasteiger partial charge in [-0.1, -0.05) is 13.5 Å². The Kier molecular flexibility index (Phi) is 1.88. The smallest absolute Gasteiger partial charge is 0.0766 e. The van der Waals surface area contributed by atoms with Crippen LogP contribution in [0.4, 0.5) is 0 Å². The molecule has 0 aromatic carbocycles. The standard InChI is InChI=1S/C7H13NO/c1-3-6-7(8)5(2)4-9-6/h6-7H,2-4,8H2,1H3/t6-,7+/m0/s1. The summed E-state index contributed by atoms with van der Waals surface area (Å²) in [6, 6.07) is 0.0787. The Morgan fingerprint density at radius 1 is 1.89 bits per heavy atom. The minimum absolute atomic E-state index is 0.0787. The van der Waals surface area contributed by atoms with E-state index in [0.29, 0.717) is 6.61 Å². The molecule has 2 nitrogen and oxygen atoms in total. The third kappa shape index (κ3) is 1.14. The van der Waals surface area contributed by atoms with Gasteiger partial charge >= 0.3 is 0 Å². The van der Waals surface area contributed by atoms with Gasteiger partial charge in [0, 0.05) is 0 Å². The molecular formula is C7H13NO. The number of ether oxygens (including phenoxy) is 1. The van der Waals surface area contributed by atoms with E-state index in [1.807, 2.05) is 0 Å². The van der Waals surface area contributed by atoms with E-state index in [1.165, 1.54) is 0 Å². The van der Waals surface area contributed by atoms with E-state index >= 15 is 0 Å². The second-order valence-corrected chi connectivity index (χ2v) is 2.44. The summed E-state index contributed by atoms with van der Waals surface area (Å²) in [6.07, 6.45) is 1.21. The van der Waals surface area contributed by atoms with Crippen LogP contribution in [-0.4, -0.2) is 18.8 Å². The molecule has 0 spiro atoms. The molecule has 1 aliphatic heterocycles. The Morgan fingerprint density at radius 2 is 2.56 bits per heavy atom. The van der Waals surface area contributed by atoms with Crippen LogP contribution in [0.2, 0.25) is 0 Å². The Labute approximate surface area is 55.7 Å². The zero-order valence-electron chi connectivity index (χ0n) is 5.76. The van der Waals surface area contributed by atoms with Crippen LogP contribution in [0.3, 0.4) is 0 Å². The van der Waals surface area contributed by atoms with Gasteiger partial charge in [0.1, 0.15) is 0 Å². The molecule has 0 amide bonds. The van der Waals surface area contributed by atoms with E-state index in [9.17, 15) is 0 Å². The van der Waals surface area contributed by atoms with Gasteiger partial charge in [-0.05, 0) is 12.0 Å². The van der Waals surface area contributed by atoms with Gasteiger partial charge in [-0.25, -0.2) is 0 Å². The third-order valence-corrected chi connectivity index (χ3v) is 1.76. The fourth-order valence-electron chi connectivity index (χ4n) is 1.05. The molecule has 0 unspecified atom stereocenters. The highest BCUT2D eigenvalue weighted by molar-refractivity contribution is 5.12. The van der Waals surface area contributed by atoms with Crippen LogP contribution in [0, 0.1) is 0 Å². The minimum Gasteiger partial charge on any atom is -0.372 e. The molecule has 2 N–H and O–H groups in total. The van der Waals surface area contributed by atoms with Crippen molar-refractivity contribution in [1.82, 2.24) is 0 Å². The molecule has 1 rings (SSSR count). The minimum atomic E-state index is 0.0787. The van der Waals surface area contributed by atoms with E-state index < -0.39 is 0 Å². The van der Waals surface area contributed by atoms with E-state index in [-0.39, 0.29) is 12.1 Å². The van der Waals surface area contributed by atoms with Crippen molar-refractivity contribution in [2.24, 2.45) is 5.73 Å². The lowest BCUT2D eigenvalue weighted by molar-refractivity contribution is 0.103. The van der Waals surface area contributed by atoms with Crippen molar-refractivity contribution < 1.29 is 4.74 Å². The molecule has 0 aliphatic carbocycles. The highest BCUT2D eigenvalue weighted by Gasteiger charge is 2.25. The third-order valence-electron chi connectivity index (χ3n) is 1.76. The molecule has 52 valence electrons. The van der Waals surface area contributed by atoms with E-state index in [4.69, 9.17) is 10.5 Å². The molecule has 0 aromatic heterocycles. The van der Waals surface area contributed by atoms with E-state index in [1.54, 1.807) is 0 Å². The summed E-state index contributed by atoms with van der Waals surface area (Å²) >= 11 is 0. The van der Waals surface area contributed by atoms with Crippen molar-refractivity contribution in [3.8, 4) is 0 Å². The second-order valence-electron chi connectivity index (χ2n) is 2.44. The van der Waals surface area contributed by atoms with Gasteiger partial charge in [0.15, 0.2) is 0 Å². The van der Waals surface area contributed by atoms with Crippen molar-refractivity contribution in [2.75, 3.05) is 6.61 Å². The number of rotatable bonds is 1. The van der Waals surface area contributed by atoms with Crippen molar-refractivity contribution in [1.29, 1.82) is 0 Å². The summed E-state index contributed by atoms with van der Waals surface area (Å²) in [5, 5.41) is 0. The van der Waals surface area contributed by atoms with Gasteiger partial charge in [-0.15, -0.1) is 0 Å². The molecule has 1 saturated heterocycles. The molecule has 2 heteroatoms. The van der Waals surface area contributed by atoms with E-state index in [0.717, 1.165) is 12.0 Å². The topological polar surface area (TPSA) is 35.2 Å². The molecule has 0 aromatic rings. The maximum atomic E-state index is 5.71. The van der Waals surface area contributed by atoms with Crippen molar-refractivity contribution in [3.05, 3.63) is 12.2 Å². The zero-order chi connectivity index (χ0) is 6.85. The Hall–Kier alpha value is -0.340. The fourth-order valence-corrected chi connectivity index (χ4v) is 1.05. The van der Waals surface area contributed by atoms with Crippen LogP contribution in [0.5, 0.6) is 0 Å². The lowest BCUT2D eigenvalue weighted by Gasteiger charge is -2.10. The molecule has 1 aliphatic rings. The quantitative estimate of drug-likeness (QED) is 0.526. The van der Waals surface area contributed by atoms with Crippen molar-refractivity contribution >= 4 is 0 Å². The average molecular weight is 127 g/mol. The predicted octanol–water partition coefficient (Wildman–Crippen LogP) is 0.679. The Balaban J connectivity index is 2.51. The van der Waals surface area contributed by atoms with Crippen LogP contribution in [-0.2, 0) is 4.74 Å². The maximum Gasteiger partial charge on any atom is 0.0766 e.